The number of carbonyl (C=O) groups excluding carboxylic acids is 1. The third-order valence-corrected chi connectivity index (χ3v) is 2.88. The zero-order valence-corrected chi connectivity index (χ0v) is 11.6. The quantitative estimate of drug-likeness (QED) is 0.804. The maximum absolute atomic E-state index is 12.6. The maximum atomic E-state index is 12.6. The number of carbonyl (C=O) groups is 1. The van der Waals surface area contributed by atoms with Crippen LogP contribution in [0.5, 0.6) is 0 Å². The van der Waals surface area contributed by atoms with Crippen LogP contribution >= 0.6 is 0 Å². The number of benzene rings is 1. The fraction of sp³-hybridized carbons (Fsp3) is 0.267. The van der Waals surface area contributed by atoms with Gasteiger partial charge in [-0.05, 0) is 30.3 Å². The number of rotatable bonds is 6. The fourth-order valence-corrected chi connectivity index (χ4v) is 1.82. The van der Waals surface area contributed by atoms with Gasteiger partial charge in [-0.25, -0.2) is 0 Å². The van der Waals surface area contributed by atoms with Gasteiger partial charge < -0.3 is 15.1 Å². The van der Waals surface area contributed by atoms with Crippen molar-refractivity contribution in [3.8, 4) is 0 Å². The monoisotopic (exact) mass is 312 g/mol. The van der Waals surface area contributed by atoms with E-state index in [0.29, 0.717) is 13.1 Å². The zero-order chi connectivity index (χ0) is 16.0. The third kappa shape index (κ3) is 4.92. The van der Waals surface area contributed by atoms with Crippen LogP contribution in [0.3, 0.4) is 0 Å². The van der Waals surface area contributed by atoms with Crippen LogP contribution in [-0.4, -0.2) is 12.5 Å². The number of anilines is 1. The van der Waals surface area contributed by atoms with Gasteiger partial charge in [-0.3, -0.25) is 4.79 Å². The average molecular weight is 312 g/mol. The molecular formula is C15H15F3N2O2. The first-order chi connectivity index (χ1) is 10.4. The van der Waals surface area contributed by atoms with E-state index in [4.69, 9.17) is 4.42 Å². The minimum atomic E-state index is -4.43. The molecule has 0 aliphatic carbocycles. The SMILES string of the molecule is O=C(CCNCc1ccco1)Nc1cccc(C(F)(F)F)c1. The average Bonchev–Trinajstić information content (AvgIpc) is 2.96. The van der Waals surface area contributed by atoms with Gasteiger partial charge >= 0.3 is 6.18 Å². The molecule has 2 aromatic rings. The number of amides is 1. The molecule has 2 rings (SSSR count). The molecule has 1 aromatic carbocycles. The number of furan rings is 1. The summed E-state index contributed by atoms with van der Waals surface area (Å²) in [5.74, 6) is 0.393. The van der Waals surface area contributed by atoms with Gasteiger partial charge in [-0.15, -0.1) is 0 Å². The van der Waals surface area contributed by atoms with Crippen LogP contribution < -0.4 is 10.6 Å². The van der Waals surface area contributed by atoms with Gasteiger partial charge in [0.25, 0.3) is 0 Å². The minimum Gasteiger partial charge on any atom is -0.468 e. The molecule has 1 heterocycles. The highest BCUT2D eigenvalue weighted by Gasteiger charge is 2.30. The van der Waals surface area contributed by atoms with E-state index >= 15 is 0 Å². The van der Waals surface area contributed by atoms with Crippen molar-refractivity contribution in [1.82, 2.24) is 5.32 Å². The Kier molecular flexibility index (Phi) is 5.21. The molecule has 0 unspecified atom stereocenters. The minimum absolute atomic E-state index is 0.130. The Bertz CT molecular complexity index is 610. The van der Waals surface area contributed by atoms with E-state index in [2.05, 4.69) is 10.6 Å². The summed E-state index contributed by atoms with van der Waals surface area (Å²) in [5.41, 5.74) is -0.660. The first-order valence-electron chi connectivity index (χ1n) is 6.65. The van der Waals surface area contributed by atoms with Crippen molar-refractivity contribution in [2.24, 2.45) is 0 Å². The van der Waals surface area contributed by atoms with Crippen LogP contribution in [0.1, 0.15) is 17.7 Å². The Morgan fingerprint density at radius 1 is 1.18 bits per heavy atom. The molecule has 118 valence electrons. The Morgan fingerprint density at radius 3 is 2.68 bits per heavy atom. The second-order valence-corrected chi connectivity index (χ2v) is 4.63. The van der Waals surface area contributed by atoms with Crippen LogP contribution in [-0.2, 0) is 17.5 Å². The Labute approximate surface area is 125 Å². The van der Waals surface area contributed by atoms with E-state index in [0.717, 1.165) is 17.9 Å². The third-order valence-electron chi connectivity index (χ3n) is 2.88. The summed E-state index contributed by atoms with van der Waals surface area (Å²) >= 11 is 0. The molecule has 0 atom stereocenters. The molecule has 0 aliphatic rings. The maximum Gasteiger partial charge on any atom is 0.416 e. The number of nitrogens with one attached hydrogen (secondary N) is 2. The Balaban J connectivity index is 1.77. The molecular weight excluding hydrogens is 297 g/mol. The fourth-order valence-electron chi connectivity index (χ4n) is 1.82. The molecule has 1 amide bonds. The molecule has 7 heteroatoms. The van der Waals surface area contributed by atoms with Crippen LogP contribution in [0.4, 0.5) is 18.9 Å². The molecule has 22 heavy (non-hydrogen) atoms. The summed E-state index contributed by atoms with van der Waals surface area (Å²) in [6.07, 6.45) is -2.72. The number of alkyl halides is 3. The van der Waals surface area contributed by atoms with Crippen LogP contribution in [0.15, 0.2) is 47.1 Å². The van der Waals surface area contributed by atoms with Crippen molar-refractivity contribution in [3.05, 3.63) is 54.0 Å². The summed E-state index contributed by atoms with van der Waals surface area (Å²) < 4.78 is 42.8. The number of hydrogen-bond acceptors (Lipinski definition) is 3. The zero-order valence-electron chi connectivity index (χ0n) is 11.6. The normalized spacial score (nSPS) is 11.4. The van der Waals surface area contributed by atoms with E-state index in [1.165, 1.54) is 12.1 Å². The van der Waals surface area contributed by atoms with E-state index in [1.54, 1.807) is 18.4 Å². The second-order valence-electron chi connectivity index (χ2n) is 4.63. The number of hydrogen-bond donors (Lipinski definition) is 2. The lowest BCUT2D eigenvalue weighted by Gasteiger charge is -2.10. The lowest BCUT2D eigenvalue weighted by atomic mass is 10.2. The molecule has 0 aliphatic heterocycles. The van der Waals surface area contributed by atoms with E-state index < -0.39 is 11.7 Å². The van der Waals surface area contributed by atoms with Gasteiger partial charge in [-0.2, -0.15) is 13.2 Å². The van der Waals surface area contributed by atoms with E-state index in [-0.39, 0.29) is 18.0 Å². The molecule has 0 spiro atoms. The van der Waals surface area contributed by atoms with Gasteiger partial charge in [0.1, 0.15) is 5.76 Å². The summed E-state index contributed by atoms with van der Waals surface area (Å²) in [6.45, 7) is 0.884. The summed E-state index contributed by atoms with van der Waals surface area (Å²) in [6, 6.07) is 8.11. The summed E-state index contributed by atoms with van der Waals surface area (Å²) in [7, 11) is 0. The first kappa shape index (κ1) is 16.1. The Morgan fingerprint density at radius 2 is 2.00 bits per heavy atom. The van der Waals surface area contributed by atoms with Gasteiger partial charge in [-0.1, -0.05) is 6.07 Å². The predicted octanol–water partition coefficient (Wildman–Crippen LogP) is 3.42. The molecule has 2 N–H and O–H groups in total. The standard InChI is InChI=1S/C15H15F3N2O2/c16-15(17,18)11-3-1-4-12(9-11)20-14(21)6-7-19-10-13-5-2-8-22-13/h1-5,8-9,19H,6-7,10H2,(H,20,21). The van der Waals surface area contributed by atoms with Gasteiger partial charge in [0, 0.05) is 18.7 Å². The molecule has 0 fully saturated rings. The van der Waals surface area contributed by atoms with Crippen molar-refractivity contribution in [2.45, 2.75) is 19.1 Å². The van der Waals surface area contributed by atoms with Crippen molar-refractivity contribution in [2.75, 3.05) is 11.9 Å². The molecule has 4 nitrogen and oxygen atoms in total. The van der Waals surface area contributed by atoms with Crippen LogP contribution in [0.2, 0.25) is 0 Å². The molecule has 1 aromatic heterocycles. The van der Waals surface area contributed by atoms with E-state index in [1.807, 2.05) is 0 Å². The molecule has 0 radical (unpaired) electrons. The predicted molar refractivity (Wildman–Crippen MR) is 75.1 cm³/mol. The highest BCUT2D eigenvalue weighted by Crippen LogP contribution is 2.30. The Hall–Kier alpha value is -2.28. The molecule has 0 bridgehead atoms. The van der Waals surface area contributed by atoms with Gasteiger partial charge in [0.2, 0.25) is 5.91 Å². The lowest BCUT2D eigenvalue weighted by Crippen LogP contribution is -2.21. The molecule has 0 saturated heterocycles. The summed E-state index contributed by atoms with van der Waals surface area (Å²) in [5, 5.41) is 5.45. The van der Waals surface area contributed by atoms with Crippen molar-refractivity contribution in [1.29, 1.82) is 0 Å². The van der Waals surface area contributed by atoms with Crippen molar-refractivity contribution in [3.63, 3.8) is 0 Å². The highest BCUT2D eigenvalue weighted by atomic mass is 19.4. The smallest absolute Gasteiger partial charge is 0.416 e. The van der Waals surface area contributed by atoms with Gasteiger partial charge in [0.15, 0.2) is 0 Å². The lowest BCUT2D eigenvalue weighted by molar-refractivity contribution is -0.137. The second kappa shape index (κ2) is 7.13. The van der Waals surface area contributed by atoms with E-state index in [9.17, 15) is 18.0 Å². The molecule has 0 saturated carbocycles. The summed E-state index contributed by atoms with van der Waals surface area (Å²) in [4.78, 5) is 11.7. The van der Waals surface area contributed by atoms with Crippen LogP contribution in [0.25, 0.3) is 0 Å². The number of halogens is 3. The van der Waals surface area contributed by atoms with Crippen LogP contribution in [0, 0.1) is 0 Å². The van der Waals surface area contributed by atoms with Crippen molar-refractivity contribution < 1.29 is 22.4 Å². The topological polar surface area (TPSA) is 54.3 Å². The largest absolute Gasteiger partial charge is 0.468 e. The highest BCUT2D eigenvalue weighted by molar-refractivity contribution is 5.90. The van der Waals surface area contributed by atoms with Crippen molar-refractivity contribution >= 4 is 11.6 Å². The van der Waals surface area contributed by atoms with Gasteiger partial charge in [0.05, 0.1) is 18.4 Å². The first-order valence-corrected chi connectivity index (χ1v) is 6.65.